The highest BCUT2D eigenvalue weighted by Gasteiger charge is 2.04. The number of unbranched alkanes of at least 4 members (excludes halogenated alkanes) is 38. The van der Waals surface area contributed by atoms with E-state index in [4.69, 9.17) is 4.98 Å². The average molecular weight is 723 g/mol. The molecule has 1 radical (unpaired) electrons. The zero-order valence-electron chi connectivity index (χ0n) is 36.2. The molecule has 0 aromatic carbocycles. The summed E-state index contributed by atoms with van der Waals surface area (Å²) < 4.78 is 0. The van der Waals surface area contributed by atoms with Crippen molar-refractivity contribution < 1.29 is 0 Å². The third-order valence-electron chi connectivity index (χ3n) is 11.9. The lowest BCUT2D eigenvalue weighted by Gasteiger charge is -2.09. The van der Waals surface area contributed by atoms with E-state index in [1.165, 1.54) is 274 Å². The highest BCUT2D eigenvalue weighted by Crippen LogP contribution is 2.18. The minimum atomic E-state index is 0.890. The molecule has 1 nitrogen and oxygen atoms in total. The maximum absolute atomic E-state index is 5.09. The summed E-state index contributed by atoms with van der Waals surface area (Å²) in [5.41, 5.74) is 4.04. The Balaban J connectivity index is 1.90. The second kappa shape index (κ2) is 41.3. The van der Waals surface area contributed by atoms with E-state index in [0.717, 1.165) is 19.3 Å². The van der Waals surface area contributed by atoms with Gasteiger partial charge in [-0.15, -0.1) is 0 Å². The van der Waals surface area contributed by atoms with Crippen molar-refractivity contribution in [2.24, 2.45) is 0 Å². The van der Waals surface area contributed by atoms with Crippen LogP contribution in [0.15, 0.2) is 12.1 Å². The third-order valence-corrected chi connectivity index (χ3v) is 11.9. The smallest absolute Gasteiger partial charge is 0.0409 e. The fraction of sp³-hybridized carbons (Fsp3) is 0.882. The van der Waals surface area contributed by atoms with Crippen LogP contribution in [0.3, 0.4) is 0 Å². The number of nitrogens with zero attached hydrogens (tertiary/aromatic N) is 1. The lowest BCUT2D eigenvalue weighted by Crippen LogP contribution is -2.00. The molecule has 0 bridgehead atoms. The summed E-state index contributed by atoms with van der Waals surface area (Å²) in [7, 11) is 0. The van der Waals surface area contributed by atoms with Crippen LogP contribution in [-0.2, 0) is 19.3 Å². The summed E-state index contributed by atoms with van der Waals surface area (Å²) in [6, 6.07) is 4.67. The molecule has 305 valence electrons. The summed E-state index contributed by atoms with van der Waals surface area (Å²) >= 11 is 0. The first-order valence-electron chi connectivity index (χ1n) is 24.6. The third kappa shape index (κ3) is 34.9. The van der Waals surface area contributed by atoms with Crippen molar-refractivity contribution in [2.45, 2.75) is 290 Å². The van der Waals surface area contributed by atoms with E-state index in [1.54, 1.807) is 0 Å². The van der Waals surface area contributed by atoms with E-state index in [-0.39, 0.29) is 0 Å². The van der Waals surface area contributed by atoms with Crippen LogP contribution in [0.25, 0.3) is 0 Å². The fourth-order valence-electron chi connectivity index (χ4n) is 8.24. The van der Waals surface area contributed by atoms with Gasteiger partial charge in [-0.2, -0.15) is 0 Å². The number of aryl methyl sites for hydroxylation is 2. The Kier molecular flexibility index (Phi) is 39.1. The molecular weight excluding hydrogens is 627 g/mol. The average Bonchev–Trinajstić information content (AvgIpc) is 3.16. The predicted molar refractivity (Wildman–Crippen MR) is 237 cm³/mol. The van der Waals surface area contributed by atoms with Crippen molar-refractivity contribution in [3.05, 3.63) is 36.0 Å². The van der Waals surface area contributed by atoms with Crippen molar-refractivity contribution in [3.8, 4) is 0 Å². The van der Waals surface area contributed by atoms with Gasteiger partial charge >= 0.3 is 0 Å². The van der Waals surface area contributed by atoms with E-state index >= 15 is 0 Å². The van der Waals surface area contributed by atoms with Crippen LogP contribution >= 0.6 is 0 Å². The Labute approximate surface area is 329 Å². The maximum Gasteiger partial charge on any atom is 0.0409 e. The maximum atomic E-state index is 5.09. The standard InChI is InChI=1S/C51H96N/c1-4-7-9-11-13-15-17-19-21-23-25-27-29-31-33-35-37-39-41-43-45-50-47-49(6-3)48-51(52-50)46-44-42-40-38-36-34-32-30-28-26-24-22-20-18-16-14-12-10-8-5-2/h47-48H,3-46H2,1-2H3. The molecule has 1 heterocycles. The van der Waals surface area contributed by atoms with Crippen molar-refractivity contribution in [2.75, 3.05) is 0 Å². The van der Waals surface area contributed by atoms with Gasteiger partial charge in [-0.3, -0.25) is 4.98 Å². The largest absolute Gasteiger partial charge is 0.258 e. The number of hydrogen-bond acceptors (Lipinski definition) is 1. The van der Waals surface area contributed by atoms with Gasteiger partial charge in [-0.05, 0) is 56.7 Å². The molecule has 0 aliphatic heterocycles. The van der Waals surface area contributed by atoms with Gasteiger partial charge in [0.25, 0.3) is 0 Å². The predicted octanol–water partition coefficient (Wildman–Crippen LogP) is 18.2. The molecule has 0 atom stereocenters. The molecule has 1 rings (SSSR count). The van der Waals surface area contributed by atoms with Crippen molar-refractivity contribution in [3.63, 3.8) is 0 Å². The van der Waals surface area contributed by atoms with Crippen LogP contribution < -0.4 is 0 Å². The molecule has 0 aliphatic rings. The highest BCUT2D eigenvalue weighted by molar-refractivity contribution is 5.22. The first kappa shape index (κ1) is 49.2. The van der Waals surface area contributed by atoms with Crippen LogP contribution in [-0.4, -0.2) is 4.98 Å². The molecule has 0 amide bonds. The minimum Gasteiger partial charge on any atom is -0.258 e. The molecule has 1 aromatic rings. The van der Waals surface area contributed by atoms with Gasteiger partial charge in [0.1, 0.15) is 0 Å². The number of pyridine rings is 1. The number of hydrogen-bond donors (Lipinski definition) is 0. The molecule has 0 N–H and O–H groups in total. The van der Waals surface area contributed by atoms with Crippen LogP contribution in [0.5, 0.6) is 0 Å². The zero-order chi connectivity index (χ0) is 37.3. The van der Waals surface area contributed by atoms with Crippen molar-refractivity contribution >= 4 is 0 Å². The van der Waals surface area contributed by atoms with E-state index in [9.17, 15) is 0 Å². The summed E-state index contributed by atoms with van der Waals surface area (Å²) in [4.78, 5) is 5.09. The molecule has 1 heteroatoms. The molecule has 0 saturated carbocycles. The van der Waals surface area contributed by atoms with Crippen LogP contribution in [0.2, 0.25) is 0 Å². The van der Waals surface area contributed by atoms with Gasteiger partial charge in [-0.25, -0.2) is 0 Å². The summed E-state index contributed by atoms with van der Waals surface area (Å²) in [5, 5.41) is 0. The summed E-state index contributed by atoms with van der Waals surface area (Å²) in [5.74, 6) is 0. The summed E-state index contributed by atoms with van der Waals surface area (Å²) in [6.07, 6.45) is 60.9. The van der Waals surface area contributed by atoms with E-state index in [2.05, 4.69) is 32.9 Å². The Bertz CT molecular complexity index is 751. The molecule has 1 aromatic heterocycles. The normalized spacial score (nSPS) is 11.6. The van der Waals surface area contributed by atoms with Gasteiger partial charge in [0.2, 0.25) is 0 Å². The lowest BCUT2D eigenvalue weighted by molar-refractivity contribution is 0.521. The van der Waals surface area contributed by atoms with Crippen molar-refractivity contribution in [1.29, 1.82) is 0 Å². The molecule has 0 spiro atoms. The Morgan fingerprint density at radius 1 is 0.308 bits per heavy atom. The Morgan fingerprint density at radius 2 is 0.500 bits per heavy atom. The Hall–Kier alpha value is -0.850. The Morgan fingerprint density at radius 3 is 0.692 bits per heavy atom. The number of rotatable bonds is 43. The van der Waals surface area contributed by atoms with Gasteiger partial charge < -0.3 is 0 Å². The van der Waals surface area contributed by atoms with Gasteiger partial charge in [-0.1, -0.05) is 258 Å². The van der Waals surface area contributed by atoms with E-state index in [1.807, 2.05) is 0 Å². The molecule has 0 unspecified atom stereocenters. The highest BCUT2D eigenvalue weighted by atomic mass is 14.7. The van der Waals surface area contributed by atoms with E-state index < -0.39 is 0 Å². The van der Waals surface area contributed by atoms with Crippen LogP contribution in [0.4, 0.5) is 0 Å². The second-order valence-corrected chi connectivity index (χ2v) is 17.1. The van der Waals surface area contributed by atoms with E-state index in [0.29, 0.717) is 0 Å². The fourth-order valence-corrected chi connectivity index (χ4v) is 8.24. The quantitative estimate of drug-likeness (QED) is 0.0612. The van der Waals surface area contributed by atoms with Gasteiger partial charge in [0, 0.05) is 11.4 Å². The zero-order valence-corrected chi connectivity index (χ0v) is 36.2. The van der Waals surface area contributed by atoms with Gasteiger partial charge in [0.05, 0.1) is 0 Å². The first-order valence-corrected chi connectivity index (χ1v) is 24.6. The SMILES string of the molecule is [CH2]Cc1cc(CCCCCCCCCCCCCCCCCCCCCC)nc(CCCCCCCCCCCCCCCCCCCCCC)c1. The molecule has 0 fully saturated rings. The second-order valence-electron chi connectivity index (χ2n) is 17.1. The van der Waals surface area contributed by atoms with Crippen LogP contribution in [0, 0.1) is 6.92 Å². The molecular formula is C51H96N. The topological polar surface area (TPSA) is 12.9 Å². The first-order chi connectivity index (χ1) is 25.8. The summed E-state index contributed by atoms with van der Waals surface area (Å²) in [6.45, 7) is 8.81. The number of aromatic nitrogens is 1. The van der Waals surface area contributed by atoms with Crippen LogP contribution in [0.1, 0.15) is 288 Å². The lowest BCUT2D eigenvalue weighted by atomic mass is 10.0. The van der Waals surface area contributed by atoms with Crippen molar-refractivity contribution in [1.82, 2.24) is 4.98 Å². The monoisotopic (exact) mass is 723 g/mol. The van der Waals surface area contributed by atoms with Gasteiger partial charge in [0.15, 0.2) is 0 Å². The molecule has 0 aliphatic carbocycles. The molecule has 52 heavy (non-hydrogen) atoms. The minimum absolute atomic E-state index is 0.890. The molecule has 0 saturated heterocycles.